The molecular formula is C20H21N3O6. The molecular weight excluding hydrogens is 378 g/mol. The molecule has 0 aliphatic carbocycles. The zero-order valence-corrected chi connectivity index (χ0v) is 16.2. The van der Waals surface area contributed by atoms with E-state index in [0.717, 1.165) is 4.90 Å². The van der Waals surface area contributed by atoms with Crippen molar-refractivity contribution in [3.63, 3.8) is 0 Å². The van der Waals surface area contributed by atoms with Crippen LogP contribution in [0.25, 0.3) is 0 Å². The van der Waals surface area contributed by atoms with Crippen LogP contribution in [0.5, 0.6) is 17.2 Å². The number of benzene rings is 2. The van der Waals surface area contributed by atoms with E-state index in [-0.39, 0.29) is 12.3 Å². The first-order valence-corrected chi connectivity index (χ1v) is 8.77. The molecule has 1 saturated heterocycles. The fraction of sp³-hybridized carbons (Fsp3) is 0.250. The molecule has 0 saturated carbocycles. The van der Waals surface area contributed by atoms with Gasteiger partial charge in [0.15, 0.2) is 11.5 Å². The van der Waals surface area contributed by atoms with Crippen molar-refractivity contribution in [1.29, 1.82) is 0 Å². The minimum atomic E-state index is -0.867. The minimum Gasteiger partial charge on any atom is -0.497 e. The Kier molecular flexibility index (Phi) is 5.99. The Hall–Kier alpha value is -3.59. The number of nitrogens with one attached hydrogen (secondary N) is 2. The third kappa shape index (κ3) is 4.14. The zero-order chi connectivity index (χ0) is 21.0. The molecule has 9 heteroatoms. The summed E-state index contributed by atoms with van der Waals surface area (Å²) >= 11 is 0. The number of carbonyl (C=O) groups is 3. The Bertz CT molecular complexity index is 928. The van der Waals surface area contributed by atoms with Gasteiger partial charge in [-0.05, 0) is 42.5 Å². The zero-order valence-electron chi connectivity index (χ0n) is 16.2. The van der Waals surface area contributed by atoms with Crippen molar-refractivity contribution in [2.45, 2.75) is 12.5 Å². The highest BCUT2D eigenvalue weighted by molar-refractivity contribution is 6.22. The number of hydrazine groups is 1. The topological polar surface area (TPSA) is 106 Å². The third-order valence-corrected chi connectivity index (χ3v) is 4.48. The molecule has 2 N–H and O–H groups in total. The second kappa shape index (κ2) is 8.61. The van der Waals surface area contributed by atoms with Crippen molar-refractivity contribution in [2.24, 2.45) is 0 Å². The summed E-state index contributed by atoms with van der Waals surface area (Å²) in [6.45, 7) is 0. The summed E-state index contributed by atoms with van der Waals surface area (Å²) in [6.07, 6.45) is -0.0723. The fourth-order valence-corrected chi connectivity index (χ4v) is 2.95. The van der Waals surface area contributed by atoms with Gasteiger partial charge in [0.25, 0.3) is 11.8 Å². The second-order valence-electron chi connectivity index (χ2n) is 6.19. The number of carbonyl (C=O) groups excluding carboxylic acids is 3. The van der Waals surface area contributed by atoms with Gasteiger partial charge in [-0.3, -0.25) is 19.8 Å². The summed E-state index contributed by atoms with van der Waals surface area (Å²) in [4.78, 5) is 38.4. The van der Waals surface area contributed by atoms with E-state index < -0.39 is 17.9 Å². The predicted octanol–water partition coefficient (Wildman–Crippen LogP) is 1.28. The Morgan fingerprint density at radius 3 is 2.28 bits per heavy atom. The van der Waals surface area contributed by atoms with Gasteiger partial charge >= 0.3 is 0 Å². The molecule has 1 aliphatic heterocycles. The van der Waals surface area contributed by atoms with Gasteiger partial charge in [-0.2, -0.15) is 0 Å². The number of ether oxygens (including phenoxy) is 3. The lowest BCUT2D eigenvalue weighted by molar-refractivity contribution is -0.121. The lowest BCUT2D eigenvalue weighted by atomic mass is 10.2. The molecule has 1 atom stereocenters. The number of hydrogen-bond acceptors (Lipinski definition) is 7. The molecule has 3 amide bonds. The molecule has 152 valence electrons. The van der Waals surface area contributed by atoms with E-state index in [1.54, 1.807) is 36.4 Å². The summed E-state index contributed by atoms with van der Waals surface area (Å²) in [5.41, 5.74) is 5.85. The van der Waals surface area contributed by atoms with Crippen molar-refractivity contribution in [1.82, 2.24) is 10.9 Å². The predicted molar refractivity (Wildman–Crippen MR) is 104 cm³/mol. The van der Waals surface area contributed by atoms with Crippen LogP contribution in [0.2, 0.25) is 0 Å². The first-order chi connectivity index (χ1) is 14.0. The summed E-state index contributed by atoms with van der Waals surface area (Å²) in [6, 6.07) is 10.4. The molecule has 1 aliphatic rings. The molecule has 0 radical (unpaired) electrons. The molecule has 29 heavy (non-hydrogen) atoms. The summed E-state index contributed by atoms with van der Waals surface area (Å²) < 4.78 is 15.4. The Labute approximate surface area is 167 Å². The van der Waals surface area contributed by atoms with Gasteiger partial charge in [0.05, 0.1) is 33.4 Å². The van der Waals surface area contributed by atoms with Crippen molar-refractivity contribution in [2.75, 3.05) is 26.2 Å². The number of nitrogens with zero attached hydrogens (tertiary/aromatic N) is 1. The van der Waals surface area contributed by atoms with Gasteiger partial charge in [0.2, 0.25) is 5.91 Å². The molecule has 1 fully saturated rings. The number of anilines is 1. The summed E-state index contributed by atoms with van der Waals surface area (Å²) in [7, 11) is 4.49. The van der Waals surface area contributed by atoms with Gasteiger partial charge in [0.1, 0.15) is 11.8 Å². The van der Waals surface area contributed by atoms with Gasteiger partial charge in [0, 0.05) is 5.56 Å². The van der Waals surface area contributed by atoms with Crippen molar-refractivity contribution < 1.29 is 28.6 Å². The SMILES string of the molecule is COc1ccc(N2C(=O)CC(NNC(=O)c3ccc(OC)c(OC)c3)C2=O)cc1. The molecule has 0 spiro atoms. The van der Waals surface area contributed by atoms with Crippen LogP contribution >= 0.6 is 0 Å². The first kappa shape index (κ1) is 20.2. The second-order valence-corrected chi connectivity index (χ2v) is 6.19. The lowest BCUT2D eigenvalue weighted by Gasteiger charge is -2.16. The maximum absolute atomic E-state index is 12.6. The van der Waals surface area contributed by atoms with E-state index in [2.05, 4.69) is 10.9 Å². The minimum absolute atomic E-state index is 0.0723. The monoisotopic (exact) mass is 399 g/mol. The third-order valence-electron chi connectivity index (χ3n) is 4.48. The number of methoxy groups -OCH3 is 3. The smallest absolute Gasteiger partial charge is 0.265 e. The lowest BCUT2D eigenvalue weighted by Crippen LogP contribution is -2.48. The van der Waals surface area contributed by atoms with Crippen LogP contribution in [0.3, 0.4) is 0 Å². The van der Waals surface area contributed by atoms with E-state index in [0.29, 0.717) is 28.5 Å². The molecule has 1 heterocycles. The van der Waals surface area contributed by atoms with E-state index >= 15 is 0 Å². The average Bonchev–Trinajstić information content (AvgIpc) is 3.04. The number of amides is 3. The van der Waals surface area contributed by atoms with Gasteiger partial charge < -0.3 is 14.2 Å². The normalized spacial score (nSPS) is 16.0. The molecule has 1 unspecified atom stereocenters. The maximum atomic E-state index is 12.6. The van der Waals surface area contributed by atoms with E-state index in [4.69, 9.17) is 14.2 Å². The fourth-order valence-electron chi connectivity index (χ4n) is 2.95. The molecule has 3 rings (SSSR count). The van der Waals surface area contributed by atoms with Crippen LogP contribution in [-0.4, -0.2) is 45.1 Å². The molecule has 9 nitrogen and oxygen atoms in total. The summed E-state index contributed by atoms with van der Waals surface area (Å²) in [5.74, 6) is 0.214. The van der Waals surface area contributed by atoms with Crippen LogP contribution in [0, 0.1) is 0 Å². The number of imide groups is 1. The quantitative estimate of drug-likeness (QED) is 0.534. The van der Waals surface area contributed by atoms with E-state index in [1.165, 1.54) is 27.4 Å². The summed E-state index contributed by atoms with van der Waals surface area (Å²) in [5, 5.41) is 0. The molecule has 2 aromatic rings. The van der Waals surface area contributed by atoms with E-state index in [1.807, 2.05) is 0 Å². The van der Waals surface area contributed by atoms with Crippen LogP contribution in [0.1, 0.15) is 16.8 Å². The highest BCUT2D eigenvalue weighted by atomic mass is 16.5. The molecule has 2 aromatic carbocycles. The highest BCUT2D eigenvalue weighted by Gasteiger charge is 2.39. The standard InChI is InChI=1S/C20H21N3O6/c1-27-14-7-5-13(6-8-14)23-18(24)11-15(20(23)26)21-22-19(25)12-4-9-16(28-2)17(10-12)29-3/h4-10,15,21H,11H2,1-3H3,(H,22,25). The van der Waals surface area contributed by atoms with Crippen molar-refractivity contribution >= 4 is 23.4 Å². The highest BCUT2D eigenvalue weighted by Crippen LogP contribution is 2.28. The molecule has 0 aromatic heterocycles. The van der Waals surface area contributed by atoms with Crippen LogP contribution in [0.15, 0.2) is 42.5 Å². The van der Waals surface area contributed by atoms with Crippen molar-refractivity contribution in [3.8, 4) is 17.2 Å². The number of rotatable bonds is 7. The largest absolute Gasteiger partial charge is 0.497 e. The van der Waals surface area contributed by atoms with Crippen molar-refractivity contribution in [3.05, 3.63) is 48.0 Å². The number of hydrogen-bond donors (Lipinski definition) is 2. The molecule has 0 bridgehead atoms. The van der Waals surface area contributed by atoms with Gasteiger partial charge in [-0.1, -0.05) is 0 Å². The van der Waals surface area contributed by atoms with Crippen LogP contribution in [0.4, 0.5) is 5.69 Å². The first-order valence-electron chi connectivity index (χ1n) is 8.77. The van der Waals surface area contributed by atoms with Gasteiger partial charge in [-0.25, -0.2) is 10.3 Å². The maximum Gasteiger partial charge on any atom is 0.265 e. The Morgan fingerprint density at radius 1 is 0.966 bits per heavy atom. The average molecular weight is 399 g/mol. The van der Waals surface area contributed by atoms with Crippen LogP contribution in [-0.2, 0) is 9.59 Å². The Morgan fingerprint density at radius 2 is 1.66 bits per heavy atom. The van der Waals surface area contributed by atoms with Gasteiger partial charge in [-0.15, -0.1) is 0 Å². The van der Waals surface area contributed by atoms with E-state index in [9.17, 15) is 14.4 Å². The van der Waals surface area contributed by atoms with Crippen LogP contribution < -0.4 is 30.0 Å². The Balaban J connectivity index is 1.66.